The van der Waals surface area contributed by atoms with Crippen LogP contribution in [0.5, 0.6) is 0 Å². The van der Waals surface area contributed by atoms with Crippen LogP contribution in [0.4, 0.5) is 45.2 Å². The lowest BCUT2D eigenvalue weighted by Crippen LogP contribution is -2.50. The van der Waals surface area contributed by atoms with Gasteiger partial charge in [0.2, 0.25) is 15.7 Å². The Labute approximate surface area is 214 Å². The first-order chi connectivity index (χ1) is 16.8. The molecule has 17 heteroatoms. The van der Waals surface area contributed by atoms with Gasteiger partial charge in [0.1, 0.15) is 0 Å². The Morgan fingerprint density at radius 3 is 2.11 bits per heavy atom. The van der Waals surface area contributed by atoms with E-state index in [1.165, 1.54) is 18.3 Å². The number of rotatable bonds is 5. The number of pyridine rings is 1. The molecule has 1 amide bonds. The molecule has 0 unspecified atom stereocenters. The molecule has 0 saturated heterocycles. The molecule has 1 aromatic heterocycles. The van der Waals surface area contributed by atoms with E-state index in [1.807, 2.05) is 0 Å². The van der Waals surface area contributed by atoms with Crippen LogP contribution in [0.15, 0.2) is 53.6 Å². The number of alkyl halides is 9. The minimum Gasteiger partial charge on any atom is -0.751 e. The van der Waals surface area contributed by atoms with Crippen molar-refractivity contribution in [2.24, 2.45) is 0 Å². The molecule has 0 saturated carbocycles. The normalized spacial score (nSPS) is 13.3. The molecule has 0 aliphatic rings. The van der Waals surface area contributed by atoms with Crippen LogP contribution in [-0.2, 0) is 15.5 Å². The van der Waals surface area contributed by atoms with E-state index in [0.29, 0.717) is 5.39 Å². The van der Waals surface area contributed by atoms with Crippen LogP contribution in [-0.4, -0.2) is 37.4 Å². The number of anilines is 1. The van der Waals surface area contributed by atoms with Crippen LogP contribution in [0.1, 0.15) is 15.9 Å². The number of nitrogens with zero attached hydrogens (tertiary/aromatic N) is 2. The number of fused-ring (bicyclic) bond motifs is 1. The van der Waals surface area contributed by atoms with Gasteiger partial charge in [-0.3, -0.25) is 9.78 Å². The average molecular weight is 671 g/mol. The molecule has 3 aromatic rings. The number of carbonyl (C=O) groups is 1. The third kappa shape index (κ3) is 4.95. The molecule has 0 atom stereocenters. The second-order valence-corrected chi connectivity index (χ2v) is 10.3. The average Bonchev–Trinajstić information content (AvgIpc) is 2.80. The number of amides is 1. The maximum absolute atomic E-state index is 14.6. The molecule has 0 aliphatic carbocycles. The molecule has 0 radical (unpaired) electrons. The summed E-state index contributed by atoms with van der Waals surface area (Å²) < 4.78 is 144. The lowest BCUT2D eigenvalue weighted by molar-refractivity contribution is -0.348. The summed E-state index contributed by atoms with van der Waals surface area (Å²) in [5.74, 6) is -6.08. The van der Waals surface area contributed by atoms with E-state index in [2.05, 4.69) is 4.98 Å². The summed E-state index contributed by atoms with van der Waals surface area (Å²) in [6.07, 6.45) is -12.1. The number of hydrogen-bond donors (Lipinski definition) is 0. The van der Waals surface area contributed by atoms with Crippen molar-refractivity contribution in [2.45, 2.75) is 28.7 Å². The Kier molecular flexibility index (Phi) is 7.47. The number of halogens is 10. The van der Waals surface area contributed by atoms with Gasteiger partial charge in [-0.15, -0.1) is 0 Å². The summed E-state index contributed by atoms with van der Waals surface area (Å²) >= 11 is 0.837. The van der Waals surface area contributed by atoms with Crippen molar-refractivity contribution in [1.29, 1.82) is 0 Å². The van der Waals surface area contributed by atoms with Gasteiger partial charge >= 0.3 is 23.8 Å². The van der Waals surface area contributed by atoms with Gasteiger partial charge in [-0.2, -0.15) is 35.1 Å². The Hall–Kier alpha value is -2.67. The van der Waals surface area contributed by atoms with Crippen molar-refractivity contribution in [3.05, 3.63) is 68.6 Å². The summed E-state index contributed by atoms with van der Waals surface area (Å²) in [7, 11) is -6.14. The number of hydroxylamine groups is 1. The van der Waals surface area contributed by atoms with E-state index in [-0.39, 0.29) is 11.6 Å². The quantitative estimate of drug-likeness (QED) is 0.181. The Morgan fingerprint density at radius 1 is 0.973 bits per heavy atom. The topological polar surface area (TPSA) is 90.4 Å². The zero-order chi connectivity index (χ0) is 28.1. The summed E-state index contributed by atoms with van der Waals surface area (Å²) in [5, 5.41) is 12.5. The van der Waals surface area contributed by atoms with Crippen LogP contribution < -0.4 is 5.06 Å². The molecule has 0 spiro atoms. The van der Waals surface area contributed by atoms with Gasteiger partial charge in [-0.25, -0.2) is 12.8 Å². The lowest BCUT2D eigenvalue weighted by Gasteiger charge is -2.34. The summed E-state index contributed by atoms with van der Waals surface area (Å²) in [6, 6.07) is 5.61. The van der Waals surface area contributed by atoms with Gasteiger partial charge in [-0.05, 0) is 52.9 Å². The molecule has 6 nitrogen and oxygen atoms in total. The van der Waals surface area contributed by atoms with Crippen molar-refractivity contribution in [1.82, 2.24) is 4.98 Å². The minimum absolute atomic E-state index is 0.157. The highest BCUT2D eigenvalue weighted by atomic mass is 127. The first kappa shape index (κ1) is 28.9. The summed E-state index contributed by atoms with van der Waals surface area (Å²) in [5.41, 5.74) is -10.5. The molecular formula is C20H9F9IN2O4S-. The predicted molar refractivity (Wildman–Crippen MR) is 119 cm³/mol. The van der Waals surface area contributed by atoms with Crippen LogP contribution in [0, 0.1) is 8.78 Å². The fourth-order valence-corrected chi connectivity index (χ4v) is 5.16. The van der Waals surface area contributed by atoms with Crippen LogP contribution in [0.2, 0.25) is 0 Å². The Balaban J connectivity index is 2.29. The second kappa shape index (κ2) is 9.57. The van der Waals surface area contributed by atoms with Gasteiger partial charge in [-0.1, -0.05) is 12.1 Å². The largest absolute Gasteiger partial charge is 0.751 e. The van der Waals surface area contributed by atoms with Gasteiger partial charge in [0.25, 0.3) is 0 Å². The van der Waals surface area contributed by atoms with E-state index in [4.69, 9.17) is 0 Å². The first-order valence-corrected chi connectivity index (χ1v) is 12.0. The summed E-state index contributed by atoms with van der Waals surface area (Å²) in [6.45, 7) is 0. The van der Waals surface area contributed by atoms with Crippen LogP contribution >= 0.6 is 22.6 Å². The van der Waals surface area contributed by atoms with Crippen molar-refractivity contribution in [2.75, 3.05) is 5.06 Å². The molecule has 1 heterocycles. The van der Waals surface area contributed by atoms with Gasteiger partial charge in [0.15, 0.2) is 0 Å². The fraction of sp³-hybridized carbons (Fsp3) is 0.200. The van der Waals surface area contributed by atoms with Crippen molar-refractivity contribution in [3.8, 4) is 0 Å². The smallest absolute Gasteiger partial charge is 0.435 e. The number of aromatic nitrogens is 1. The predicted octanol–water partition coefficient (Wildman–Crippen LogP) is 6.27. The van der Waals surface area contributed by atoms with E-state index >= 15 is 0 Å². The monoisotopic (exact) mass is 671 g/mol. The summed E-state index contributed by atoms with van der Waals surface area (Å²) in [4.78, 5) is 14.6. The zero-order valence-electron chi connectivity index (χ0n) is 17.4. The maximum Gasteiger partial charge on any atom is 0.435 e. The molecule has 0 aliphatic heterocycles. The standard InChI is InChI=1S/C20H9F9IN2O4S/c21-17(22)37(35,36)14-8-11(18(23,19(24,25)26)20(27,28)29)7-12(30)15(14)32(34)16(33)10-4-3-9-2-1-5-31-13(9)6-10/h1-8,17H/q-1. The molecule has 2 aromatic carbocycles. The molecule has 0 N–H and O–H groups in total. The number of hydrogen-bond acceptors (Lipinski definition) is 5. The molecular weight excluding hydrogens is 662 g/mol. The third-order valence-corrected chi connectivity index (χ3v) is 7.20. The zero-order valence-corrected chi connectivity index (χ0v) is 20.4. The lowest BCUT2D eigenvalue weighted by atomic mass is 9.94. The van der Waals surface area contributed by atoms with Gasteiger partial charge in [0.05, 0.1) is 16.1 Å². The first-order valence-electron chi connectivity index (χ1n) is 9.39. The highest BCUT2D eigenvalue weighted by Gasteiger charge is 2.73. The highest BCUT2D eigenvalue weighted by molar-refractivity contribution is 14.1. The van der Waals surface area contributed by atoms with Crippen LogP contribution in [0.3, 0.4) is 0 Å². The SMILES string of the molecule is O=C(c1ccc2cccnc2c1)N([O-])c1c(I)cc(C(F)(C(F)(F)F)C(F)(F)F)cc1S(=O)(=O)C(F)F. The number of carbonyl (C=O) groups excluding carboxylic acids is 1. The van der Waals surface area contributed by atoms with Gasteiger partial charge in [0, 0.05) is 26.3 Å². The number of benzene rings is 2. The Morgan fingerprint density at radius 2 is 1.57 bits per heavy atom. The van der Waals surface area contributed by atoms with Gasteiger partial charge < -0.3 is 10.3 Å². The van der Waals surface area contributed by atoms with Crippen LogP contribution in [0.25, 0.3) is 10.9 Å². The van der Waals surface area contributed by atoms with E-state index < -0.39 is 75.9 Å². The maximum atomic E-state index is 14.6. The Bertz CT molecular complexity index is 1460. The van der Waals surface area contributed by atoms with E-state index in [1.54, 1.807) is 6.07 Å². The highest BCUT2D eigenvalue weighted by Crippen LogP contribution is 2.54. The molecule has 0 bridgehead atoms. The fourth-order valence-electron chi connectivity index (χ4n) is 3.19. The van der Waals surface area contributed by atoms with Crippen molar-refractivity contribution in [3.63, 3.8) is 0 Å². The molecule has 37 heavy (non-hydrogen) atoms. The third-order valence-electron chi connectivity index (χ3n) is 4.99. The minimum atomic E-state index is -6.72. The molecule has 3 rings (SSSR count). The van der Waals surface area contributed by atoms with Crippen molar-refractivity contribution < 1.29 is 52.7 Å². The van der Waals surface area contributed by atoms with E-state index in [9.17, 15) is 57.9 Å². The number of sulfone groups is 1. The molecule has 200 valence electrons. The second-order valence-electron chi connectivity index (χ2n) is 7.27. The molecule has 0 fully saturated rings. The van der Waals surface area contributed by atoms with E-state index in [0.717, 1.165) is 34.7 Å². The van der Waals surface area contributed by atoms with Crippen molar-refractivity contribution >= 4 is 54.9 Å².